The second kappa shape index (κ2) is 5.08. The maximum absolute atomic E-state index is 11.7. The molecule has 94 valence electrons. The van der Waals surface area contributed by atoms with Crippen molar-refractivity contribution in [3.63, 3.8) is 0 Å². The number of nitrogens with two attached hydrogens (primary N) is 1. The largest absolute Gasteiger partial charge is 0.397 e. The Morgan fingerprint density at radius 3 is 2.76 bits per heavy atom. The van der Waals surface area contributed by atoms with E-state index in [0.717, 1.165) is 28.9 Å². The number of rotatable bonds is 3. The third kappa shape index (κ3) is 2.63. The molecule has 0 bridgehead atoms. The van der Waals surface area contributed by atoms with Crippen LogP contribution < -0.4 is 10.6 Å². The second-order valence-corrected chi connectivity index (χ2v) is 5.85. The van der Waals surface area contributed by atoms with Crippen molar-refractivity contribution in [1.29, 1.82) is 0 Å². The molecule has 1 fully saturated rings. The molecule has 0 atom stereocenters. The highest BCUT2D eigenvalue weighted by atomic mass is 32.1. The molecule has 0 spiro atoms. The first-order chi connectivity index (χ1) is 8.11. The predicted octanol–water partition coefficient (Wildman–Crippen LogP) is 3.16. The van der Waals surface area contributed by atoms with Crippen LogP contribution >= 0.6 is 11.3 Å². The number of carbonyl (C=O) groups excluding carboxylic acids is 1. The molecule has 0 amide bonds. The van der Waals surface area contributed by atoms with Crippen LogP contribution in [0, 0.1) is 5.92 Å². The summed E-state index contributed by atoms with van der Waals surface area (Å²) in [5.74, 6) is 0.976. The molecule has 0 radical (unpaired) electrons. The highest BCUT2D eigenvalue weighted by Gasteiger charge is 2.20. The van der Waals surface area contributed by atoms with E-state index in [2.05, 4.69) is 11.8 Å². The SMILES string of the molecule is CCC(=O)c1sc(N2CCC(C)CC2)cc1N. The highest BCUT2D eigenvalue weighted by molar-refractivity contribution is 7.18. The third-order valence-corrected chi connectivity index (χ3v) is 4.67. The van der Waals surface area contributed by atoms with Crippen LogP contribution in [0.5, 0.6) is 0 Å². The summed E-state index contributed by atoms with van der Waals surface area (Å²) in [4.78, 5) is 14.8. The van der Waals surface area contributed by atoms with E-state index in [1.165, 1.54) is 12.8 Å². The summed E-state index contributed by atoms with van der Waals surface area (Å²) in [6, 6.07) is 1.96. The van der Waals surface area contributed by atoms with Crippen molar-refractivity contribution in [1.82, 2.24) is 0 Å². The van der Waals surface area contributed by atoms with Crippen molar-refractivity contribution in [3.8, 4) is 0 Å². The van der Waals surface area contributed by atoms with Crippen molar-refractivity contribution in [2.45, 2.75) is 33.1 Å². The van der Waals surface area contributed by atoms with Crippen LogP contribution in [0.3, 0.4) is 0 Å². The lowest BCUT2D eigenvalue weighted by Gasteiger charge is -2.30. The van der Waals surface area contributed by atoms with Crippen LogP contribution in [-0.2, 0) is 0 Å². The average molecular weight is 252 g/mol. The molecule has 2 N–H and O–H groups in total. The maximum atomic E-state index is 11.7. The lowest BCUT2D eigenvalue weighted by atomic mass is 9.99. The van der Waals surface area contributed by atoms with Crippen LogP contribution in [0.25, 0.3) is 0 Å². The minimum absolute atomic E-state index is 0.157. The highest BCUT2D eigenvalue weighted by Crippen LogP contribution is 2.35. The van der Waals surface area contributed by atoms with Gasteiger partial charge in [0.25, 0.3) is 0 Å². The van der Waals surface area contributed by atoms with E-state index >= 15 is 0 Å². The summed E-state index contributed by atoms with van der Waals surface area (Å²) in [7, 11) is 0. The second-order valence-electron chi connectivity index (χ2n) is 4.82. The molecule has 0 saturated carbocycles. The number of hydrogen-bond donors (Lipinski definition) is 1. The predicted molar refractivity (Wildman–Crippen MR) is 74.0 cm³/mol. The summed E-state index contributed by atoms with van der Waals surface area (Å²) in [5, 5.41) is 1.16. The third-order valence-electron chi connectivity index (χ3n) is 3.42. The van der Waals surface area contributed by atoms with E-state index < -0.39 is 0 Å². The molecule has 1 aromatic heterocycles. The van der Waals surface area contributed by atoms with Crippen LogP contribution in [0.2, 0.25) is 0 Å². The van der Waals surface area contributed by atoms with Gasteiger partial charge in [-0.15, -0.1) is 11.3 Å². The van der Waals surface area contributed by atoms with Gasteiger partial charge in [0.15, 0.2) is 5.78 Å². The van der Waals surface area contributed by atoms with Gasteiger partial charge in [-0.1, -0.05) is 13.8 Å². The van der Waals surface area contributed by atoms with E-state index in [4.69, 9.17) is 5.73 Å². The summed E-state index contributed by atoms with van der Waals surface area (Å²) in [6.45, 7) is 6.34. The molecular formula is C13H20N2OS. The number of anilines is 2. The number of nitrogens with zero attached hydrogens (tertiary/aromatic N) is 1. The van der Waals surface area contributed by atoms with Gasteiger partial charge >= 0.3 is 0 Å². The van der Waals surface area contributed by atoms with Crippen LogP contribution in [0.1, 0.15) is 42.8 Å². The molecule has 2 rings (SSSR count). The van der Waals surface area contributed by atoms with Crippen LogP contribution in [0.15, 0.2) is 6.07 Å². The normalized spacial score (nSPS) is 17.4. The van der Waals surface area contributed by atoms with Crippen molar-refractivity contribution >= 4 is 27.8 Å². The molecule has 1 aromatic rings. The summed E-state index contributed by atoms with van der Waals surface area (Å²) >= 11 is 1.55. The minimum atomic E-state index is 0.157. The van der Waals surface area contributed by atoms with Gasteiger partial charge in [0.1, 0.15) is 0 Å². The lowest BCUT2D eigenvalue weighted by molar-refractivity contribution is 0.0993. The van der Waals surface area contributed by atoms with Gasteiger partial charge in [-0.25, -0.2) is 0 Å². The number of Topliss-reactive ketones (excluding diaryl/α,β-unsaturated/α-hetero) is 1. The molecule has 3 nitrogen and oxygen atoms in total. The van der Waals surface area contributed by atoms with Crippen LogP contribution in [0.4, 0.5) is 10.7 Å². The summed E-state index contributed by atoms with van der Waals surface area (Å²) in [5.41, 5.74) is 6.56. The fourth-order valence-corrected chi connectivity index (χ4v) is 3.30. The van der Waals surface area contributed by atoms with Crippen molar-refractivity contribution < 1.29 is 4.79 Å². The Balaban J connectivity index is 2.14. The average Bonchev–Trinajstić information content (AvgIpc) is 2.71. The number of hydrogen-bond acceptors (Lipinski definition) is 4. The van der Waals surface area contributed by atoms with Gasteiger partial charge in [-0.2, -0.15) is 0 Å². The van der Waals surface area contributed by atoms with Gasteiger partial charge in [0.05, 0.1) is 15.6 Å². The van der Waals surface area contributed by atoms with Crippen LogP contribution in [-0.4, -0.2) is 18.9 Å². The standard InChI is InChI=1S/C13H20N2OS/c1-3-11(16)13-10(14)8-12(17-13)15-6-4-9(2)5-7-15/h8-9H,3-7,14H2,1-2H3. The van der Waals surface area contributed by atoms with Crippen molar-refractivity contribution in [3.05, 3.63) is 10.9 Å². The molecule has 1 saturated heterocycles. The zero-order valence-corrected chi connectivity index (χ0v) is 11.3. The quantitative estimate of drug-likeness (QED) is 0.841. The Labute approximate surface area is 107 Å². The number of carbonyl (C=O) groups is 1. The van der Waals surface area contributed by atoms with Gasteiger partial charge in [-0.3, -0.25) is 4.79 Å². The number of thiophene rings is 1. The molecule has 4 heteroatoms. The van der Waals surface area contributed by atoms with E-state index in [0.29, 0.717) is 12.1 Å². The van der Waals surface area contributed by atoms with E-state index in [1.54, 1.807) is 11.3 Å². The topological polar surface area (TPSA) is 46.3 Å². The minimum Gasteiger partial charge on any atom is -0.397 e. The molecule has 1 aliphatic heterocycles. The summed E-state index contributed by atoms with van der Waals surface area (Å²) in [6.07, 6.45) is 2.99. The zero-order valence-electron chi connectivity index (χ0n) is 10.5. The Kier molecular flexibility index (Phi) is 3.72. The van der Waals surface area contributed by atoms with Crippen molar-refractivity contribution in [2.24, 2.45) is 5.92 Å². The molecule has 1 aliphatic rings. The Bertz CT molecular complexity index is 406. The molecule has 0 unspecified atom stereocenters. The smallest absolute Gasteiger partial charge is 0.174 e. The molecule has 0 aliphatic carbocycles. The monoisotopic (exact) mass is 252 g/mol. The van der Waals surface area contributed by atoms with E-state index in [-0.39, 0.29) is 5.78 Å². The summed E-state index contributed by atoms with van der Waals surface area (Å²) < 4.78 is 0. The fourth-order valence-electron chi connectivity index (χ4n) is 2.15. The van der Waals surface area contributed by atoms with Gasteiger partial charge in [-0.05, 0) is 24.8 Å². The zero-order chi connectivity index (χ0) is 12.4. The number of ketones is 1. The maximum Gasteiger partial charge on any atom is 0.174 e. The van der Waals surface area contributed by atoms with E-state index in [1.807, 2.05) is 13.0 Å². The fraction of sp³-hybridized carbons (Fsp3) is 0.615. The Morgan fingerprint density at radius 1 is 1.53 bits per heavy atom. The molecule has 0 aromatic carbocycles. The molecule has 17 heavy (non-hydrogen) atoms. The Morgan fingerprint density at radius 2 is 2.18 bits per heavy atom. The van der Waals surface area contributed by atoms with Gasteiger partial charge in [0, 0.05) is 19.5 Å². The Hall–Kier alpha value is -1.03. The first-order valence-electron chi connectivity index (χ1n) is 6.29. The first kappa shape index (κ1) is 12.4. The molecular weight excluding hydrogens is 232 g/mol. The molecule has 2 heterocycles. The van der Waals surface area contributed by atoms with Crippen molar-refractivity contribution in [2.75, 3.05) is 23.7 Å². The van der Waals surface area contributed by atoms with Gasteiger partial charge in [0.2, 0.25) is 0 Å². The van der Waals surface area contributed by atoms with Gasteiger partial charge < -0.3 is 10.6 Å². The van der Waals surface area contributed by atoms with E-state index in [9.17, 15) is 4.79 Å². The lowest BCUT2D eigenvalue weighted by Crippen LogP contribution is -2.32. The first-order valence-corrected chi connectivity index (χ1v) is 7.11. The number of nitrogen functional groups attached to an aromatic ring is 1. The number of piperidine rings is 1.